The minimum atomic E-state index is -3.49. The van der Waals surface area contributed by atoms with Crippen LogP contribution in [0.15, 0.2) is 0 Å². The van der Waals surface area contributed by atoms with E-state index < -0.39 is 10.2 Å². The van der Waals surface area contributed by atoms with Crippen LogP contribution in [-0.2, 0) is 10.2 Å². The first-order chi connectivity index (χ1) is 8.31. The molecule has 9 heteroatoms. The molecule has 0 aliphatic rings. The summed E-state index contributed by atoms with van der Waals surface area (Å²) in [5, 5.41) is 2.56. The maximum atomic E-state index is 11.7. The lowest BCUT2D eigenvalue weighted by Crippen LogP contribution is -2.44. The highest BCUT2D eigenvalue weighted by Crippen LogP contribution is 1.94. The average Bonchev–Trinajstić information content (AvgIpc) is 2.30. The highest BCUT2D eigenvalue weighted by atomic mass is 32.2. The van der Waals surface area contributed by atoms with Crippen molar-refractivity contribution in [1.29, 1.82) is 0 Å². The first-order valence-electron chi connectivity index (χ1n) is 5.67. The number of nitrogens with two attached hydrogens (primary N) is 1. The molecule has 0 unspecified atom stereocenters. The van der Waals surface area contributed by atoms with Crippen LogP contribution in [-0.4, -0.2) is 71.0 Å². The van der Waals surface area contributed by atoms with E-state index in [1.807, 2.05) is 0 Å². The number of urea groups is 1. The lowest BCUT2D eigenvalue weighted by Gasteiger charge is -2.17. The molecule has 108 valence electrons. The van der Waals surface area contributed by atoms with E-state index in [0.29, 0.717) is 19.5 Å². The Balaban J connectivity index is 3.94. The van der Waals surface area contributed by atoms with Crippen LogP contribution in [0.3, 0.4) is 0 Å². The summed E-state index contributed by atoms with van der Waals surface area (Å²) < 4.78 is 26.9. The highest BCUT2D eigenvalue weighted by molar-refractivity contribution is 7.87. The van der Waals surface area contributed by atoms with Crippen LogP contribution in [0.5, 0.6) is 0 Å². The fourth-order valence-corrected chi connectivity index (χ4v) is 2.00. The fraction of sp³-hybridized carbons (Fsp3) is 0.889. The van der Waals surface area contributed by atoms with E-state index >= 15 is 0 Å². The summed E-state index contributed by atoms with van der Waals surface area (Å²) in [6, 6.07) is -0.259. The minimum absolute atomic E-state index is 0.148. The van der Waals surface area contributed by atoms with Gasteiger partial charge in [-0.25, -0.2) is 9.52 Å². The van der Waals surface area contributed by atoms with E-state index in [9.17, 15) is 13.2 Å². The summed E-state index contributed by atoms with van der Waals surface area (Å²) in [4.78, 5) is 12.5. The summed E-state index contributed by atoms with van der Waals surface area (Å²) in [6.07, 6.45) is 0.606. The topological polar surface area (TPSA) is 108 Å². The predicted octanol–water partition coefficient (Wildman–Crippen LogP) is -1.63. The van der Waals surface area contributed by atoms with Crippen molar-refractivity contribution in [3.63, 3.8) is 0 Å². The van der Waals surface area contributed by atoms with E-state index in [1.165, 1.54) is 16.3 Å². The molecule has 0 aromatic carbocycles. The Hall–Kier alpha value is -0.900. The monoisotopic (exact) mass is 281 g/mol. The summed E-state index contributed by atoms with van der Waals surface area (Å²) in [5.41, 5.74) is 5.31. The van der Waals surface area contributed by atoms with Crippen molar-refractivity contribution < 1.29 is 13.2 Å². The summed E-state index contributed by atoms with van der Waals surface area (Å²) in [5.74, 6) is 0. The quantitative estimate of drug-likeness (QED) is 0.464. The van der Waals surface area contributed by atoms with Crippen LogP contribution < -0.4 is 15.8 Å². The van der Waals surface area contributed by atoms with Gasteiger partial charge < -0.3 is 16.0 Å². The molecule has 4 N–H and O–H groups in total. The number of amides is 2. The Morgan fingerprint density at radius 1 is 1.22 bits per heavy atom. The van der Waals surface area contributed by atoms with Gasteiger partial charge in [0.2, 0.25) is 0 Å². The van der Waals surface area contributed by atoms with Gasteiger partial charge in [0.1, 0.15) is 0 Å². The minimum Gasteiger partial charge on any atom is -0.337 e. The molecule has 0 aromatic rings. The zero-order chi connectivity index (χ0) is 14.2. The van der Waals surface area contributed by atoms with Crippen LogP contribution >= 0.6 is 0 Å². The number of rotatable bonds is 8. The number of nitrogens with zero attached hydrogens (tertiary/aromatic N) is 2. The molecule has 0 aromatic heterocycles. The van der Waals surface area contributed by atoms with E-state index in [1.54, 1.807) is 14.1 Å². The molecule has 8 nitrogen and oxygen atoms in total. The Morgan fingerprint density at radius 3 is 2.33 bits per heavy atom. The predicted molar refractivity (Wildman–Crippen MR) is 70.3 cm³/mol. The number of nitrogens with one attached hydrogen (secondary N) is 2. The van der Waals surface area contributed by atoms with Gasteiger partial charge in [-0.1, -0.05) is 0 Å². The Morgan fingerprint density at radius 2 is 1.83 bits per heavy atom. The van der Waals surface area contributed by atoms with Crippen molar-refractivity contribution in [3.05, 3.63) is 0 Å². The summed E-state index contributed by atoms with van der Waals surface area (Å²) in [6.45, 7) is 1.20. The van der Waals surface area contributed by atoms with Crippen LogP contribution in [0.1, 0.15) is 6.42 Å². The second-order valence-corrected chi connectivity index (χ2v) is 5.85. The number of carbonyl (C=O) groups is 1. The van der Waals surface area contributed by atoms with Gasteiger partial charge in [-0.15, -0.1) is 0 Å². The van der Waals surface area contributed by atoms with Crippen molar-refractivity contribution in [1.82, 2.24) is 19.2 Å². The van der Waals surface area contributed by atoms with Crippen molar-refractivity contribution in [2.75, 3.05) is 47.3 Å². The third-order valence-corrected chi connectivity index (χ3v) is 3.75. The SMILES string of the molecule is CN(C)C(=O)NCCNS(=O)(=O)N(C)CCCN. The zero-order valence-corrected chi connectivity index (χ0v) is 12.0. The third kappa shape index (κ3) is 6.74. The van der Waals surface area contributed by atoms with E-state index in [2.05, 4.69) is 10.0 Å². The van der Waals surface area contributed by atoms with Gasteiger partial charge in [0.15, 0.2) is 0 Å². The van der Waals surface area contributed by atoms with E-state index in [4.69, 9.17) is 5.73 Å². The Bertz CT molecular complexity index is 344. The molecule has 0 fully saturated rings. The average molecular weight is 281 g/mol. The largest absolute Gasteiger partial charge is 0.337 e. The second-order valence-electron chi connectivity index (χ2n) is 3.99. The molecule has 0 aliphatic carbocycles. The van der Waals surface area contributed by atoms with E-state index in [0.717, 1.165) is 0 Å². The van der Waals surface area contributed by atoms with E-state index in [-0.39, 0.29) is 19.1 Å². The summed E-state index contributed by atoms with van der Waals surface area (Å²) >= 11 is 0. The van der Waals surface area contributed by atoms with Gasteiger partial charge in [0, 0.05) is 40.8 Å². The molecule has 0 rings (SSSR count). The molecule has 0 saturated heterocycles. The molecule has 0 saturated carbocycles. The van der Waals surface area contributed by atoms with Gasteiger partial charge in [0.25, 0.3) is 10.2 Å². The van der Waals surface area contributed by atoms with Crippen molar-refractivity contribution in [3.8, 4) is 0 Å². The fourth-order valence-electron chi connectivity index (χ4n) is 1.05. The normalized spacial score (nSPS) is 11.6. The van der Waals surface area contributed by atoms with Crippen molar-refractivity contribution >= 4 is 16.2 Å². The molecule has 0 bridgehead atoms. The smallest absolute Gasteiger partial charge is 0.316 e. The highest BCUT2D eigenvalue weighted by Gasteiger charge is 2.15. The lowest BCUT2D eigenvalue weighted by molar-refractivity contribution is 0.217. The lowest BCUT2D eigenvalue weighted by atomic mass is 10.4. The molecule has 0 atom stereocenters. The first kappa shape index (κ1) is 17.1. The molecule has 2 amide bonds. The maximum Gasteiger partial charge on any atom is 0.316 e. The second kappa shape index (κ2) is 8.25. The van der Waals surface area contributed by atoms with Crippen LogP contribution in [0, 0.1) is 0 Å². The molecule has 0 radical (unpaired) electrons. The Kier molecular flexibility index (Phi) is 7.83. The van der Waals surface area contributed by atoms with Gasteiger partial charge in [-0.05, 0) is 13.0 Å². The zero-order valence-electron chi connectivity index (χ0n) is 11.1. The van der Waals surface area contributed by atoms with Crippen molar-refractivity contribution in [2.45, 2.75) is 6.42 Å². The molecule has 18 heavy (non-hydrogen) atoms. The van der Waals surface area contributed by atoms with Crippen molar-refractivity contribution in [2.24, 2.45) is 5.73 Å². The standard InChI is InChI=1S/C9H23N5O3S/c1-13(2)9(15)11-6-7-12-18(16,17)14(3)8-4-5-10/h12H,4-8,10H2,1-3H3,(H,11,15). The van der Waals surface area contributed by atoms with Crippen LogP contribution in [0.25, 0.3) is 0 Å². The van der Waals surface area contributed by atoms with Gasteiger partial charge in [-0.3, -0.25) is 0 Å². The summed E-state index contributed by atoms with van der Waals surface area (Å²) in [7, 11) is 1.22. The number of hydrogen-bond donors (Lipinski definition) is 3. The van der Waals surface area contributed by atoms with Crippen LogP contribution in [0.4, 0.5) is 4.79 Å². The third-order valence-electron chi connectivity index (χ3n) is 2.18. The molecular weight excluding hydrogens is 258 g/mol. The molecular formula is C9H23N5O3S. The molecule has 0 heterocycles. The number of hydrogen-bond acceptors (Lipinski definition) is 4. The van der Waals surface area contributed by atoms with Gasteiger partial charge in [-0.2, -0.15) is 12.7 Å². The maximum absolute atomic E-state index is 11.7. The van der Waals surface area contributed by atoms with Gasteiger partial charge >= 0.3 is 6.03 Å². The first-order valence-corrected chi connectivity index (χ1v) is 7.11. The number of carbonyl (C=O) groups excluding carboxylic acids is 1. The van der Waals surface area contributed by atoms with Crippen LogP contribution in [0.2, 0.25) is 0 Å². The molecule has 0 spiro atoms. The molecule has 0 aliphatic heterocycles. The van der Waals surface area contributed by atoms with Gasteiger partial charge in [0.05, 0.1) is 0 Å². The Labute approximate surface area is 109 Å².